The molecule has 0 spiro atoms. The van der Waals surface area contributed by atoms with Crippen molar-refractivity contribution in [3.05, 3.63) is 11.5 Å². The largest absolute Gasteiger partial charge is 0.490 e. The second kappa shape index (κ2) is 3.83. The Bertz CT molecular complexity index is 368. The SMILES string of the molecule is COc1c(Cl)ncnc1NC1(CO)CC1. The predicted molar refractivity (Wildman–Crippen MR) is 56.3 cm³/mol. The summed E-state index contributed by atoms with van der Waals surface area (Å²) in [6.07, 6.45) is 3.21. The van der Waals surface area contributed by atoms with E-state index in [0.29, 0.717) is 11.6 Å². The van der Waals surface area contributed by atoms with E-state index in [1.54, 1.807) is 0 Å². The minimum Gasteiger partial charge on any atom is -0.490 e. The number of halogens is 1. The highest BCUT2D eigenvalue weighted by Gasteiger charge is 2.43. The lowest BCUT2D eigenvalue weighted by Crippen LogP contribution is -2.26. The standard InChI is InChI=1S/C9H12ClN3O2/c1-15-6-7(10)11-5-12-8(6)13-9(4-14)2-3-9/h5,14H,2-4H2,1H3,(H,11,12,13). The fourth-order valence-corrected chi connectivity index (χ4v) is 1.56. The number of anilines is 1. The van der Waals surface area contributed by atoms with Crippen molar-refractivity contribution in [3.63, 3.8) is 0 Å². The highest BCUT2D eigenvalue weighted by Crippen LogP contribution is 2.40. The van der Waals surface area contributed by atoms with Gasteiger partial charge in [-0.15, -0.1) is 0 Å². The average Bonchev–Trinajstić information content (AvgIpc) is 2.99. The van der Waals surface area contributed by atoms with E-state index in [4.69, 9.17) is 16.3 Å². The number of hydrogen-bond donors (Lipinski definition) is 2. The molecule has 1 fully saturated rings. The summed E-state index contributed by atoms with van der Waals surface area (Å²) in [4.78, 5) is 7.85. The van der Waals surface area contributed by atoms with E-state index in [2.05, 4.69) is 15.3 Å². The molecule has 6 heteroatoms. The van der Waals surface area contributed by atoms with Crippen LogP contribution in [0.2, 0.25) is 5.15 Å². The molecule has 1 aromatic heterocycles. The average molecular weight is 230 g/mol. The van der Waals surface area contributed by atoms with E-state index < -0.39 is 0 Å². The molecule has 1 heterocycles. The number of aromatic nitrogens is 2. The lowest BCUT2D eigenvalue weighted by atomic mass is 10.3. The maximum Gasteiger partial charge on any atom is 0.198 e. The topological polar surface area (TPSA) is 67.3 Å². The van der Waals surface area contributed by atoms with Gasteiger partial charge in [0, 0.05) is 0 Å². The first kappa shape index (κ1) is 10.4. The molecule has 0 saturated heterocycles. The minimum absolute atomic E-state index is 0.0811. The van der Waals surface area contributed by atoms with Gasteiger partial charge in [-0.1, -0.05) is 11.6 Å². The van der Waals surface area contributed by atoms with Gasteiger partial charge in [-0.05, 0) is 12.8 Å². The maximum atomic E-state index is 9.17. The van der Waals surface area contributed by atoms with Gasteiger partial charge in [0.05, 0.1) is 19.3 Å². The van der Waals surface area contributed by atoms with Crippen LogP contribution in [-0.4, -0.2) is 34.3 Å². The monoisotopic (exact) mass is 229 g/mol. The molecular formula is C9H12ClN3O2. The molecule has 1 aromatic rings. The fraction of sp³-hybridized carbons (Fsp3) is 0.556. The Labute approximate surface area is 92.5 Å². The lowest BCUT2D eigenvalue weighted by molar-refractivity contribution is 0.265. The zero-order chi connectivity index (χ0) is 10.9. The number of nitrogens with one attached hydrogen (secondary N) is 1. The highest BCUT2D eigenvalue weighted by atomic mass is 35.5. The van der Waals surface area contributed by atoms with Crippen LogP contribution in [-0.2, 0) is 0 Å². The molecule has 0 bridgehead atoms. The van der Waals surface area contributed by atoms with E-state index in [0.717, 1.165) is 12.8 Å². The number of ether oxygens (including phenoxy) is 1. The summed E-state index contributed by atoms with van der Waals surface area (Å²) in [5.74, 6) is 0.947. The molecule has 82 valence electrons. The first-order chi connectivity index (χ1) is 7.21. The van der Waals surface area contributed by atoms with Gasteiger partial charge >= 0.3 is 0 Å². The maximum absolute atomic E-state index is 9.17. The summed E-state index contributed by atoms with van der Waals surface area (Å²) in [6.45, 7) is 0.0811. The lowest BCUT2D eigenvalue weighted by Gasteiger charge is -2.17. The number of aliphatic hydroxyl groups excluding tert-OH is 1. The third-order valence-electron chi connectivity index (χ3n) is 2.50. The molecule has 0 radical (unpaired) electrons. The molecule has 0 aliphatic heterocycles. The minimum atomic E-state index is -0.245. The zero-order valence-corrected chi connectivity index (χ0v) is 9.08. The van der Waals surface area contributed by atoms with Crippen molar-refractivity contribution in [2.24, 2.45) is 0 Å². The Balaban J connectivity index is 2.24. The van der Waals surface area contributed by atoms with Gasteiger partial charge in [-0.3, -0.25) is 0 Å². The summed E-state index contributed by atoms with van der Waals surface area (Å²) in [5, 5.41) is 12.6. The third-order valence-corrected chi connectivity index (χ3v) is 2.77. The Morgan fingerprint density at radius 1 is 1.60 bits per heavy atom. The summed E-state index contributed by atoms with van der Waals surface area (Å²) in [7, 11) is 1.51. The third kappa shape index (κ3) is 1.98. The van der Waals surface area contributed by atoms with Crippen molar-refractivity contribution in [2.75, 3.05) is 19.0 Å². The molecule has 0 aromatic carbocycles. The van der Waals surface area contributed by atoms with Crippen LogP contribution in [0.1, 0.15) is 12.8 Å². The Morgan fingerprint density at radius 3 is 2.87 bits per heavy atom. The number of hydrogen-bond acceptors (Lipinski definition) is 5. The Morgan fingerprint density at radius 2 is 2.33 bits per heavy atom. The normalized spacial score (nSPS) is 17.3. The van der Waals surface area contributed by atoms with Gasteiger partial charge in [-0.25, -0.2) is 9.97 Å². The van der Waals surface area contributed by atoms with Crippen LogP contribution in [0.3, 0.4) is 0 Å². The molecule has 1 aliphatic carbocycles. The zero-order valence-electron chi connectivity index (χ0n) is 8.33. The number of rotatable bonds is 4. The second-order valence-electron chi connectivity index (χ2n) is 3.61. The Kier molecular flexibility index (Phi) is 2.67. The van der Waals surface area contributed by atoms with Crippen LogP contribution >= 0.6 is 11.6 Å². The fourth-order valence-electron chi connectivity index (χ4n) is 1.35. The number of methoxy groups -OCH3 is 1. The summed E-state index contributed by atoms with van der Waals surface area (Å²) >= 11 is 5.84. The second-order valence-corrected chi connectivity index (χ2v) is 3.97. The van der Waals surface area contributed by atoms with Gasteiger partial charge in [-0.2, -0.15) is 0 Å². The first-order valence-corrected chi connectivity index (χ1v) is 5.02. The van der Waals surface area contributed by atoms with Crippen molar-refractivity contribution in [2.45, 2.75) is 18.4 Å². The van der Waals surface area contributed by atoms with Crippen molar-refractivity contribution >= 4 is 17.4 Å². The van der Waals surface area contributed by atoms with Crippen molar-refractivity contribution in [1.29, 1.82) is 0 Å². The summed E-state index contributed by atoms with van der Waals surface area (Å²) < 4.78 is 5.09. The van der Waals surface area contributed by atoms with E-state index in [1.165, 1.54) is 13.4 Å². The quantitative estimate of drug-likeness (QED) is 0.757. The van der Waals surface area contributed by atoms with E-state index >= 15 is 0 Å². The molecule has 0 atom stereocenters. The van der Waals surface area contributed by atoms with Crippen LogP contribution in [0.15, 0.2) is 6.33 Å². The molecule has 1 aliphatic rings. The van der Waals surface area contributed by atoms with Gasteiger partial charge in [0.15, 0.2) is 16.7 Å². The predicted octanol–water partition coefficient (Wildman–Crippen LogP) is 1.08. The molecule has 1 saturated carbocycles. The van der Waals surface area contributed by atoms with Gasteiger partial charge in [0.1, 0.15) is 6.33 Å². The van der Waals surface area contributed by atoms with Crippen LogP contribution in [0.4, 0.5) is 5.82 Å². The van der Waals surface area contributed by atoms with Crippen LogP contribution in [0.25, 0.3) is 0 Å². The van der Waals surface area contributed by atoms with E-state index in [1.807, 2.05) is 0 Å². The molecule has 15 heavy (non-hydrogen) atoms. The van der Waals surface area contributed by atoms with E-state index in [9.17, 15) is 5.11 Å². The van der Waals surface area contributed by atoms with Gasteiger partial charge < -0.3 is 15.2 Å². The van der Waals surface area contributed by atoms with Crippen molar-refractivity contribution < 1.29 is 9.84 Å². The van der Waals surface area contributed by atoms with E-state index in [-0.39, 0.29) is 17.3 Å². The van der Waals surface area contributed by atoms with Crippen LogP contribution in [0, 0.1) is 0 Å². The molecular weight excluding hydrogens is 218 g/mol. The number of nitrogens with zero attached hydrogens (tertiary/aromatic N) is 2. The molecule has 5 nitrogen and oxygen atoms in total. The molecule has 2 rings (SSSR count). The van der Waals surface area contributed by atoms with Crippen LogP contribution in [0.5, 0.6) is 5.75 Å². The molecule has 0 amide bonds. The number of aliphatic hydroxyl groups is 1. The summed E-state index contributed by atoms with van der Waals surface area (Å²) in [6, 6.07) is 0. The smallest absolute Gasteiger partial charge is 0.198 e. The van der Waals surface area contributed by atoms with Crippen molar-refractivity contribution in [3.8, 4) is 5.75 Å². The summed E-state index contributed by atoms with van der Waals surface area (Å²) in [5.41, 5.74) is -0.245. The molecule has 2 N–H and O–H groups in total. The Hall–Kier alpha value is -1.07. The first-order valence-electron chi connectivity index (χ1n) is 4.64. The van der Waals surface area contributed by atoms with Crippen LogP contribution < -0.4 is 10.1 Å². The van der Waals surface area contributed by atoms with Crippen molar-refractivity contribution in [1.82, 2.24) is 9.97 Å². The van der Waals surface area contributed by atoms with Gasteiger partial charge in [0.25, 0.3) is 0 Å². The molecule has 0 unspecified atom stereocenters. The van der Waals surface area contributed by atoms with Gasteiger partial charge in [0.2, 0.25) is 0 Å². The highest BCUT2D eigenvalue weighted by molar-refractivity contribution is 6.31.